The van der Waals surface area contributed by atoms with Crippen molar-refractivity contribution >= 4 is 73.8 Å². The molecule has 268 valence electrons. The Balaban J connectivity index is 0.000000494. The molecular formula is C31H46B2N4O10S2. The van der Waals surface area contributed by atoms with Crippen molar-refractivity contribution in [2.45, 2.75) is 92.0 Å². The first kappa shape index (κ1) is 43.6. The summed E-state index contributed by atoms with van der Waals surface area (Å²) >= 11 is 2.30. The first-order valence-corrected chi connectivity index (χ1v) is 17.4. The van der Waals surface area contributed by atoms with E-state index in [0.717, 1.165) is 22.7 Å². The minimum atomic E-state index is -1.12. The molecule has 2 heterocycles. The fourth-order valence-electron chi connectivity index (χ4n) is 4.88. The van der Waals surface area contributed by atoms with Gasteiger partial charge in [-0.2, -0.15) is 0 Å². The number of rotatable bonds is 20. The lowest BCUT2D eigenvalue weighted by molar-refractivity contribution is -0.151. The fraction of sp³-hybridized carbons (Fsp3) is 0.613. The van der Waals surface area contributed by atoms with Crippen LogP contribution in [0.2, 0.25) is 0 Å². The molecule has 2 N–H and O–H groups in total. The van der Waals surface area contributed by atoms with Crippen molar-refractivity contribution in [1.29, 1.82) is 0 Å². The highest BCUT2D eigenvalue weighted by Gasteiger charge is 2.30. The molecule has 0 spiro atoms. The van der Waals surface area contributed by atoms with E-state index < -0.39 is 30.1 Å². The lowest BCUT2D eigenvalue weighted by Crippen LogP contribution is -2.40. The van der Waals surface area contributed by atoms with Crippen molar-refractivity contribution in [3.8, 4) is 0 Å². The quantitative estimate of drug-likeness (QED) is 0.112. The number of hydrogen-bond acceptors (Lipinski definition) is 14. The maximum Gasteiger partial charge on any atom is 0.355 e. The predicted octanol–water partition coefficient (Wildman–Crippen LogP) is 4.23. The van der Waals surface area contributed by atoms with Crippen LogP contribution >= 0.6 is 22.7 Å². The van der Waals surface area contributed by atoms with Crippen molar-refractivity contribution in [1.82, 2.24) is 19.6 Å². The van der Waals surface area contributed by atoms with Gasteiger partial charge < -0.3 is 38.9 Å². The molecule has 0 unspecified atom stereocenters. The van der Waals surface area contributed by atoms with Crippen LogP contribution in [0.15, 0.2) is 10.8 Å². The van der Waals surface area contributed by atoms with Gasteiger partial charge in [0.2, 0.25) is 0 Å². The number of aromatic carboxylic acids is 2. The maximum atomic E-state index is 12.2. The van der Waals surface area contributed by atoms with Gasteiger partial charge in [-0.15, -0.1) is 22.7 Å². The summed E-state index contributed by atoms with van der Waals surface area (Å²) in [5.74, 6) is -2.53. The largest absolute Gasteiger partial charge is 0.476 e. The fourth-order valence-corrected chi connectivity index (χ4v) is 6.54. The number of carbonyl (C=O) groups excluding carboxylic acids is 4. The smallest absolute Gasteiger partial charge is 0.355 e. The first-order chi connectivity index (χ1) is 22.9. The summed E-state index contributed by atoms with van der Waals surface area (Å²) in [5.41, 5.74) is -0.139. The third kappa shape index (κ3) is 15.3. The van der Waals surface area contributed by atoms with Crippen LogP contribution in [-0.2, 0) is 28.7 Å². The van der Waals surface area contributed by atoms with Crippen LogP contribution in [0.25, 0.3) is 0 Å². The normalized spacial score (nSPS) is 13.7. The van der Waals surface area contributed by atoms with Gasteiger partial charge in [0, 0.05) is 49.0 Å². The van der Waals surface area contributed by atoms with E-state index >= 15 is 0 Å². The van der Waals surface area contributed by atoms with E-state index in [9.17, 15) is 28.8 Å². The minimum absolute atomic E-state index is 0.0659. The Morgan fingerprint density at radius 1 is 0.776 bits per heavy atom. The van der Waals surface area contributed by atoms with E-state index in [2.05, 4.69) is 9.97 Å². The van der Waals surface area contributed by atoms with Gasteiger partial charge in [-0.3, -0.25) is 9.59 Å². The standard InChI is InChI=1S/C17H26BN2O5S.C14H20BN2O5S/c1-10(2)6-15(22)25-14(16-19-12(8-26-16)17(23)24)7-13(11(3)4)20(5)18-9-21;1-8(2)11(17(4)15-7-18)5-12(22-9(3)19)13-16-10(6-23-13)14(20)21/h8-11,13-14H,6-7H2,1-5H3,(H,23,24);6-8,11-12H,5H2,1-4H3,(H,20,21)/t13-,14+;11-,12+/m00/s1. The number of nitrogens with zero attached hydrogens (tertiary/aromatic N) is 4. The second kappa shape index (κ2) is 21.6. The van der Waals surface area contributed by atoms with Gasteiger partial charge in [0.25, 0.3) is 14.8 Å². The average Bonchev–Trinajstić information content (AvgIpc) is 3.68. The van der Waals surface area contributed by atoms with Crippen LogP contribution in [0.3, 0.4) is 0 Å². The molecule has 2 radical (unpaired) electrons. The lowest BCUT2D eigenvalue weighted by atomic mass is 9.86. The summed E-state index contributed by atoms with van der Waals surface area (Å²) in [6.45, 7) is 13.2. The van der Waals surface area contributed by atoms with Crippen molar-refractivity contribution in [3.63, 3.8) is 0 Å². The molecular weight excluding hydrogens is 674 g/mol. The molecule has 0 bridgehead atoms. The summed E-state index contributed by atoms with van der Waals surface area (Å²) in [6, 6.07) is -0.143. The SMILES string of the molecule is CC(=O)O[C@H](C[C@@H](C(C)C)N(C)[B]C=O)c1nc(C(=O)O)cs1.CC(C)CC(=O)O[C@H](C[C@@H](C(C)C)N(C)[B]C=O)c1nc(C(=O)O)cs1. The molecule has 0 saturated carbocycles. The van der Waals surface area contributed by atoms with Gasteiger partial charge >= 0.3 is 23.9 Å². The molecule has 0 saturated heterocycles. The number of carboxylic acids is 2. The number of esters is 2. The topological polar surface area (TPSA) is 194 Å². The van der Waals surface area contributed by atoms with Crippen LogP contribution in [-0.4, -0.2) is 107 Å². The lowest BCUT2D eigenvalue weighted by Gasteiger charge is -2.32. The zero-order valence-corrected chi connectivity index (χ0v) is 31.0. The van der Waals surface area contributed by atoms with E-state index in [1.807, 2.05) is 41.5 Å². The highest BCUT2D eigenvalue weighted by molar-refractivity contribution is 7.10. The van der Waals surface area contributed by atoms with Crippen molar-refractivity contribution in [3.05, 3.63) is 32.2 Å². The molecule has 0 aliphatic rings. The molecule has 18 heteroatoms. The molecule has 4 atom stereocenters. The molecule has 0 aliphatic heterocycles. The second-order valence-corrected chi connectivity index (χ2v) is 14.2. The molecule has 49 heavy (non-hydrogen) atoms. The monoisotopic (exact) mass is 720 g/mol. The van der Waals surface area contributed by atoms with Crippen LogP contribution in [0.4, 0.5) is 0 Å². The number of hydrogen-bond donors (Lipinski definition) is 2. The Morgan fingerprint density at radius 2 is 1.16 bits per heavy atom. The molecule has 0 amide bonds. The Morgan fingerprint density at radius 3 is 1.45 bits per heavy atom. The Kier molecular flexibility index (Phi) is 19.2. The van der Waals surface area contributed by atoms with E-state index in [4.69, 9.17) is 19.7 Å². The number of thiazole rings is 2. The highest BCUT2D eigenvalue weighted by Crippen LogP contribution is 2.31. The number of carbonyl (C=O) groups is 6. The number of ether oxygens (including phenoxy) is 2. The zero-order chi connectivity index (χ0) is 37.4. The molecule has 14 nitrogen and oxygen atoms in total. The van der Waals surface area contributed by atoms with Gasteiger partial charge in [-0.1, -0.05) is 41.5 Å². The van der Waals surface area contributed by atoms with E-state index in [1.54, 1.807) is 23.7 Å². The van der Waals surface area contributed by atoms with Gasteiger partial charge in [-0.25, -0.2) is 19.6 Å². The predicted molar refractivity (Wildman–Crippen MR) is 188 cm³/mol. The van der Waals surface area contributed by atoms with E-state index in [1.165, 1.54) is 32.5 Å². The van der Waals surface area contributed by atoms with E-state index in [0.29, 0.717) is 35.2 Å². The number of aromatic nitrogens is 2. The first-order valence-electron chi connectivity index (χ1n) is 15.7. The third-order valence-corrected chi connectivity index (χ3v) is 9.15. The molecule has 0 aliphatic carbocycles. The molecule has 2 aromatic heterocycles. The summed E-state index contributed by atoms with van der Waals surface area (Å²) in [4.78, 5) is 78.8. The van der Waals surface area contributed by atoms with Crippen LogP contribution in [0.1, 0.15) is 111 Å². The van der Waals surface area contributed by atoms with Gasteiger partial charge in [0.1, 0.15) is 10.0 Å². The summed E-state index contributed by atoms with van der Waals surface area (Å²) in [7, 11) is 6.41. The summed E-state index contributed by atoms with van der Waals surface area (Å²) < 4.78 is 11.0. The number of carboxylic acid groups (broad SMARTS) is 2. The van der Waals surface area contributed by atoms with Crippen LogP contribution < -0.4 is 0 Å². The second-order valence-electron chi connectivity index (χ2n) is 12.4. The summed E-state index contributed by atoms with van der Waals surface area (Å²) in [5, 5.41) is 21.8. The Bertz CT molecular complexity index is 1390. The van der Waals surface area contributed by atoms with Crippen molar-refractivity contribution in [2.24, 2.45) is 17.8 Å². The highest BCUT2D eigenvalue weighted by atomic mass is 32.1. The molecule has 2 aromatic rings. The third-order valence-electron chi connectivity index (χ3n) is 7.28. The average molecular weight is 720 g/mol. The van der Waals surface area contributed by atoms with Gasteiger partial charge in [-0.05, 0) is 31.8 Å². The summed E-state index contributed by atoms with van der Waals surface area (Å²) in [6.07, 6.45) is 1.19. The van der Waals surface area contributed by atoms with Crippen LogP contribution in [0.5, 0.6) is 0 Å². The molecule has 0 fully saturated rings. The zero-order valence-electron chi connectivity index (χ0n) is 29.4. The van der Waals surface area contributed by atoms with Crippen molar-refractivity contribution < 1.29 is 48.5 Å². The van der Waals surface area contributed by atoms with Gasteiger partial charge in [0.15, 0.2) is 23.6 Å². The molecule has 2 rings (SSSR count). The maximum absolute atomic E-state index is 12.2. The van der Waals surface area contributed by atoms with Gasteiger partial charge in [0.05, 0.1) is 12.4 Å². The Labute approximate surface area is 297 Å². The minimum Gasteiger partial charge on any atom is -0.476 e. The van der Waals surface area contributed by atoms with Crippen LogP contribution in [0, 0.1) is 17.8 Å². The Hall–Kier alpha value is -3.47. The van der Waals surface area contributed by atoms with Crippen molar-refractivity contribution in [2.75, 3.05) is 14.1 Å². The van der Waals surface area contributed by atoms with E-state index in [-0.39, 0.29) is 53.6 Å². The molecule has 0 aromatic carbocycles.